The van der Waals surface area contributed by atoms with Crippen LogP contribution in [0.3, 0.4) is 0 Å². The summed E-state index contributed by atoms with van der Waals surface area (Å²) in [6, 6.07) is 8.67. The van der Waals surface area contributed by atoms with Gasteiger partial charge in [0, 0.05) is 10.7 Å². The number of thiocarbonyl (C=S) groups is 1. The van der Waals surface area contributed by atoms with E-state index in [0.29, 0.717) is 5.69 Å². The molecule has 0 atom stereocenters. The molecule has 2 aromatic rings. The van der Waals surface area contributed by atoms with Crippen LogP contribution in [0.25, 0.3) is 0 Å². The van der Waals surface area contributed by atoms with Gasteiger partial charge in [-0.3, -0.25) is 0 Å². The molecule has 0 saturated carbocycles. The maximum atomic E-state index is 13.0. The topological polar surface area (TPSA) is 24.1 Å². The largest absolute Gasteiger partial charge is 0.418 e. The van der Waals surface area contributed by atoms with Gasteiger partial charge in [-0.1, -0.05) is 17.7 Å². The van der Waals surface area contributed by atoms with Gasteiger partial charge >= 0.3 is 6.18 Å². The summed E-state index contributed by atoms with van der Waals surface area (Å²) in [5.41, 5.74) is -0.866. The Labute approximate surface area is 134 Å². The van der Waals surface area contributed by atoms with Gasteiger partial charge in [0.2, 0.25) is 0 Å². The summed E-state index contributed by atoms with van der Waals surface area (Å²) < 4.78 is 51.9. The highest BCUT2D eigenvalue weighted by Gasteiger charge is 2.34. The third-order valence-electron chi connectivity index (χ3n) is 2.62. The molecule has 0 amide bonds. The van der Waals surface area contributed by atoms with Crippen molar-refractivity contribution in [2.75, 3.05) is 10.6 Å². The van der Waals surface area contributed by atoms with Crippen LogP contribution in [0.1, 0.15) is 5.56 Å². The zero-order chi connectivity index (χ0) is 16.3. The van der Waals surface area contributed by atoms with Gasteiger partial charge in [-0.05, 0) is 48.6 Å². The van der Waals surface area contributed by atoms with E-state index >= 15 is 0 Å². The molecule has 2 N–H and O–H groups in total. The minimum absolute atomic E-state index is 0.0399. The predicted molar refractivity (Wildman–Crippen MR) is 82.7 cm³/mol. The summed E-state index contributed by atoms with van der Waals surface area (Å²) in [5, 5.41) is 4.90. The van der Waals surface area contributed by atoms with E-state index in [0.717, 1.165) is 6.07 Å². The molecule has 0 aliphatic carbocycles. The Morgan fingerprint density at radius 1 is 1.05 bits per heavy atom. The van der Waals surface area contributed by atoms with Crippen LogP contribution < -0.4 is 10.6 Å². The van der Waals surface area contributed by atoms with Gasteiger partial charge in [-0.2, -0.15) is 13.2 Å². The number of hydrogen-bond donors (Lipinski definition) is 2. The van der Waals surface area contributed by atoms with Gasteiger partial charge in [0.15, 0.2) is 5.11 Å². The van der Waals surface area contributed by atoms with Crippen LogP contribution in [0, 0.1) is 5.82 Å². The van der Waals surface area contributed by atoms with Crippen molar-refractivity contribution < 1.29 is 17.6 Å². The molecule has 2 rings (SSSR count). The van der Waals surface area contributed by atoms with Crippen LogP contribution in [-0.4, -0.2) is 5.11 Å². The summed E-state index contributed by atoms with van der Waals surface area (Å²) in [6.07, 6.45) is -4.58. The summed E-state index contributed by atoms with van der Waals surface area (Å²) >= 11 is 10.5. The van der Waals surface area contributed by atoms with E-state index in [9.17, 15) is 17.6 Å². The van der Waals surface area contributed by atoms with E-state index in [4.69, 9.17) is 23.8 Å². The Hall–Kier alpha value is -1.86. The maximum Gasteiger partial charge on any atom is 0.418 e. The molecule has 8 heteroatoms. The molecule has 0 unspecified atom stereocenters. The van der Waals surface area contributed by atoms with Crippen molar-refractivity contribution in [3.63, 3.8) is 0 Å². The zero-order valence-corrected chi connectivity index (χ0v) is 12.4. The van der Waals surface area contributed by atoms with E-state index in [2.05, 4.69) is 10.6 Å². The molecule has 0 heterocycles. The molecule has 116 valence electrons. The molecule has 0 aromatic heterocycles. The molecule has 0 aliphatic rings. The number of halogens is 5. The summed E-state index contributed by atoms with van der Waals surface area (Å²) in [6.45, 7) is 0. The first-order valence-electron chi connectivity index (χ1n) is 5.96. The molecule has 22 heavy (non-hydrogen) atoms. The van der Waals surface area contributed by atoms with Crippen LogP contribution in [0.15, 0.2) is 42.5 Å². The second kappa shape index (κ2) is 6.50. The second-order valence-electron chi connectivity index (χ2n) is 4.28. The molecule has 0 bridgehead atoms. The number of benzene rings is 2. The van der Waals surface area contributed by atoms with Crippen LogP contribution in [-0.2, 0) is 6.18 Å². The second-order valence-corrected chi connectivity index (χ2v) is 5.12. The first kappa shape index (κ1) is 16.5. The first-order chi connectivity index (χ1) is 10.3. The van der Waals surface area contributed by atoms with E-state index in [-0.39, 0.29) is 15.8 Å². The Bertz CT molecular complexity index is 703. The first-order valence-corrected chi connectivity index (χ1v) is 6.74. The van der Waals surface area contributed by atoms with Gasteiger partial charge in [-0.15, -0.1) is 0 Å². The predicted octanol–water partition coefficient (Wildman–Crippen LogP) is 5.31. The number of alkyl halides is 3. The maximum absolute atomic E-state index is 13.0. The summed E-state index contributed by atoms with van der Waals surface area (Å²) in [5.74, 6) is -0.490. The highest BCUT2D eigenvalue weighted by atomic mass is 35.5. The molecule has 2 aromatic carbocycles. The normalized spacial score (nSPS) is 11.1. The van der Waals surface area contributed by atoms with Gasteiger partial charge in [-0.25, -0.2) is 4.39 Å². The molecule has 0 fully saturated rings. The average molecular weight is 349 g/mol. The SMILES string of the molecule is Fc1cccc(NC(=S)Nc2ccc(Cl)cc2C(F)(F)F)c1. The van der Waals surface area contributed by atoms with Crippen LogP contribution >= 0.6 is 23.8 Å². The molecule has 0 aliphatic heterocycles. The van der Waals surface area contributed by atoms with E-state index < -0.39 is 17.6 Å². The third-order valence-corrected chi connectivity index (χ3v) is 3.06. The molecule has 0 spiro atoms. The fourth-order valence-corrected chi connectivity index (χ4v) is 2.11. The molecular weight excluding hydrogens is 340 g/mol. The third kappa shape index (κ3) is 4.32. The van der Waals surface area contributed by atoms with Crippen molar-refractivity contribution in [2.24, 2.45) is 0 Å². The zero-order valence-electron chi connectivity index (χ0n) is 10.8. The Balaban J connectivity index is 2.18. The van der Waals surface area contributed by atoms with Gasteiger partial charge in [0.25, 0.3) is 0 Å². The van der Waals surface area contributed by atoms with Crippen molar-refractivity contribution >= 4 is 40.3 Å². The number of hydrogen-bond acceptors (Lipinski definition) is 1. The van der Waals surface area contributed by atoms with Gasteiger partial charge < -0.3 is 10.6 Å². The highest BCUT2D eigenvalue weighted by Crippen LogP contribution is 2.36. The Kier molecular flexibility index (Phi) is 4.87. The van der Waals surface area contributed by atoms with Crippen molar-refractivity contribution in [2.45, 2.75) is 6.18 Å². The minimum atomic E-state index is -4.58. The van der Waals surface area contributed by atoms with Gasteiger partial charge in [0.1, 0.15) is 5.82 Å². The molecule has 0 radical (unpaired) electrons. The molecule has 2 nitrogen and oxygen atoms in total. The highest BCUT2D eigenvalue weighted by molar-refractivity contribution is 7.80. The Morgan fingerprint density at radius 3 is 2.41 bits per heavy atom. The van der Waals surface area contributed by atoms with Crippen molar-refractivity contribution in [3.05, 3.63) is 58.9 Å². The quantitative estimate of drug-likeness (QED) is 0.568. The van der Waals surface area contributed by atoms with E-state index in [1.807, 2.05) is 0 Å². The van der Waals surface area contributed by atoms with Crippen LogP contribution in [0.2, 0.25) is 5.02 Å². The lowest BCUT2D eigenvalue weighted by Gasteiger charge is -2.16. The smallest absolute Gasteiger partial charge is 0.332 e. The van der Waals surface area contributed by atoms with Crippen LogP contribution in [0.4, 0.5) is 28.9 Å². The van der Waals surface area contributed by atoms with Gasteiger partial charge in [0.05, 0.1) is 11.3 Å². The van der Waals surface area contributed by atoms with Crippen molar-refractivity contribution in [3.8, 4) is 0 Å². The van der Waals surface area contributed by atoms with E-state index in [1.54, 1.807) is 0 Å². The summed E-state index contributed by atoms with van der Waals surface area (Å²) in [4.78, 5) is 0. The average Bonchev–Trinajstić information content (AvgIpc) is 2.39. The lowest BCUT2D eigenvalue weighted by atomic mass is 10.1. The standard InChI is InChI=1S/C14H9ClF4N2S/c15-8-4-5-12(11(6-8)14(17,18)19)21-13(22)20-10-3-1-2-9(16)7-10/h1-7H,(H2,20,21,22). The minimum Gasteiger partial charge on any atom is -0.332 e. The Morgan fingerprint density at radius 2 is 1.77 bits per heavy atom. The fraction of sp³-hybridized carbons (Fsp3) is 0.0714. The number of nitrogens with one attached hydrogen (secondary N) is 2. The van der Waals surface area contributed by atoms with Crippen molar-refractivity contribution in [1.29, 1.82) is 0 Å². The van der Waals surface area contributed by atoms with Crippen molar-refractivity contribution in [1.82, 2.24) is 0 Å². The number of rotatable bonds is 2. The number of anilines is 2. The summed E-state index contributed by atoms with van der Waals surface area (Å²) in [7, 11) is 0. The fourth-order valence-electron chi connectivity index (χ4n) is 1.71. The lowest BCUT2D eigenvalue weighted by molar-refractivity contribution is -0.136. The lowest BCUT2D eigenvalue weighted by Crippen LogP contribution is -2.21. The molecule has 0 saturated heterocycles. The van der Waals surface area contributed by atoms with Crippen LogP contribution in [0.5, 0.6) is 0 Å². The molecular formula is C14H9ClF4N2S. The van der Waals surface area contributed by atoms with E-state index in [1.165, 1.54) is 36.4 Å². The monoisotopic (exact) mass is 348 g/mol.